The summed E-state index contributed by atoms with van der Waals surface area (Å²) in [6.45, 7) is 6.44. The highest BCUT2D eigenvalue weighted by Gasteiger charge is 2.23. The van der Waals surface area contributed by atoms with E-state index < -0.39 is 0 Å². The molecule has 0 aliphatic carbocycles. The number of aliphatic hydroxyl groups excluding tert-OH is 1. The smallest absolute Gasteiger partial charge is 0.0679 e. The summed E-state index contributed by atoms with van der Waals surface area (Å²) in [5.41, 5.74) is 0. The van der Waals surface area contributed by atoms with Gasteiger partial charge in [0.2, 0.25) is 0 Å². The fourth-order valence-electron chi connectivity index (χ4n) is 1.77. The zero-order valence-electron chi connectivity index (χ0n) is 7.58. The molecule has 0 spiro atoms. The van der Waals surface area contributed by atoms with E-state index >= 15 is 0 Å². The number of β-amino-alcohol motifs (C(OH)–C–C–N with tert-alkyl or cyclic N) is 1. The molecule has 0 aromatic heterocycles. The predicted octanol–water partition coefficient (Wildman–Crippen LogP) is 1.24. The Morgan fingerprint density at radius 1 is 1.64 bits per heavy atom. The quantitative estimate of drug-likeness (QED) is 0.666. The second-order valence-corrected chi connectivity index (χ2v) is 3.58. The topological polar surface area (TPSA) is 23.5 Å². The highest BCUT2D eigenvalue weighted by molar-refractivity contribution is 4.78. The average Bonchev–Trinajstić information content (AvgIpc) is 2.36. The molecule has 1 N–H and O–H groups in total. The highest BCUT2D eigenvalue weighted by atomic mass is 16.3. The van der Waals surface area contributed by atoms with E-state index in [0.29, 0.717) is 6.04 Å². The van der Waals surface area contributed by atoms with Crippen LogP contribution in [0.3, 0.4) is 0 Å². The van der Waals surface area contributed by atoms with E-state index in [9.17, 15) is 5.11 Å². The molecular weight excluding hydrogens is 138 g/mol. The zero-order valence-corrected chi connectivity index (χ0v) is 7.58. The van der Waals surface area contributed by atoms with Gasteiger partial charge in [-0.3, -0.25) is 4.90 Å². The van der Waals surface area contributed by atoms with Crippen molar-refractivity contribution in [2.45, 2.75) is 45.3 Å². The van der Waals surface area contributed by atoms with Gasteiger partial charge in [0.15, 0.2) is 0 Å². The normalized spacial score (nSPS) is 29.2. The molecule has 2 atom stereocenters. The molecule has 1 aliphatic heterocycles. The van der Waals surface area contributed by atoms with Crippen molar-refractivity contribution in [3.8, 4) is 0 Å². The first kappa shape index (κ1) is 9.01. The Balaban J connectivity index is 2.25. The van der Waals surface area contributed by atoms with Crippen LogP contribution < -0.4 is 0 Å². The third kappa shape index (κ3) is 2.46. The third-order valence-corrected chi connectivity index (χ3v) is 2.52. The second kappa shape index (κ2) is 4.07. The molecule has 66 valence electrons. The monoisotopic (exact) mass is 157 g/mol. The number of hydrogen-bond donors (Lipinski definition) is 1. The largest absolute Gasteiger partial charge is 0.392 e. The minimum atomic E-state index is -0.0608. The van der Waals surface area contributed by atoms with Crippen molar-refractivity contribution in [2.75, 3.05) is 13.1 Å². The Morgan fingerprint density at radius 3 is 2.82 bits per heavy atom. The Morgan fingerprint density at radius 2 is 2.36 bits per heavy atom. The minimum Gasteiger partial charge on any atom is -0.392 e. The van der Waals surface area contributed by atoms with Crippen LogP contribution in [0.25, 0.3) is 0 Å². The molecule has 1 rings (SSSR count). The van der Waals surface area contributed by atoms with Crippen molar-refractivity contribution in [3.05, 3.63) is 0 Å². The Bertz CT molecular complexity index is 116. The fourth-order valence-corrected chi connectivity index (χ4v) is 1.77. The Labute approximate surface area is 69.2 Å². The van der Waals surface area contributed by atoms with Crippen molar-refractivity contribution in [2.24, 2.45) is 0 Å². The lowest BCUT2D eigenvalue weighted by Gasteiger charge is -2.22. The third-order valence-electron chi connectivity index (χ3n) is 2.52. The Hall–Kier alpha value is -0.0800. The average molecular weight is 157 g/mol. The van der Waals surface area contributed by atoms with Gasteiger partial charge in [-0.25, -0.2) is 0 Å². The van der Waals surface area contributed by atoms with Crippen molar-refractivity contribution < 1.29 is 5.11 Å². The summed E-state index contributed by atoms with van der Waals surface area (Å²) in [6, 6.07) is 0.664. The maximum absolute atomic E-state index is 9.28. The molecule has 0 aromatic carbocycles. The van der Waals surface area contributed by atoms with Gasteiger partial charge >= 0.3 is 0 Å². The van der Waals surface area contributed by atoms with Gasteiger partial charge in [-0.15, -0.1) is 0 Å². The molecule has 1 fully saturated rings. The number of aliphatic hydroxyl groups is 1. The Kier molecular flexibility index (Phi) is 3.34. The van der Waals surface area contributed by atoms with Crippen LogP contribution in [0.1, 0.15) is 33.1 Å². The zero-order chi connectivity index (χ0) is 8.27. The molecular formula is C9H19NO. The van der Waals surface area contributed by atoms with E-state index in [2.05, 4.69) is 18.7 Å². The van der Waals surface area contributed by atoms with Gasteiger partial charge in [0.05, 0.1) is 6.10 Å². The van der Waals surface area contributed by atoms with Crippen LogP contribution >= 0.6 is 0 Å². The number of nitrogens with zero attached hydrogens (tertiary/aromatic N) is 1. The SMILES string of the molecule is CCCC(C)N1CC[C@@H](O)C1. The van der Waals surface area contributed by atoms with Gasteiger partial charge in [0.25, 0.3) is 0 Å². The summed E-state index contributed by atoms with van der Waals surface area (Å²) in [4.78, 5) is 2.38. The standard InChI is InChI=1S/C9H19NO/c1-3-4-8(2)10-6-5-9(11)7-10/h8-9,11H,3-7H2,1-2H3/t8?,9-/m1/s1. The van der Waals surface area contributed by atoms with Crippen LogP contribution in [0.15, 0.2) is 0 Å². The summed E-state index contributed by atoms with van der Waals surface area (Å²) in [6.07, 6.45) is 3.41. The van der Waals surface area contributed by atoms with Gasteiger partial charge < -0.3 is 5.11 Å². The lowest BCUT2D eigenvalue weighted by molar-refractivity contribution is 0.160. The van der Waals surface area contributed by atoms with E-state index in [0.717, 1.165) is 19.5 Å². The summed E-state index contributed by atoms with van der Waals surface area (Å²) in [5.74, 6) is 0. The number of rotatable bonds is 3. The molecule has 0 bridgehead atoms. The molecule has 0 aromatic rings. The van der Waals surface area contributed by atoms with Crippen LogP contribution in [0, 0.1) is 0 Å². The summed E-state index contributed by atoms with van der Waals surface area (Å²) in [7, 11) is 0. The molecule has 1 unspecified atom stereocenters. The van der Waals surface area contributed by atoms with Crippen molar-refractivity contribution in [1.29, 1.82) is 0 Å². The van der Waals surface area contributed by atoms with Gasteiger partial charge in [0, 0.05) is 19.1 Å². The number of likely N-dealkylation sites (tertiary alicyclic amines) is 1. The second-order valence-electron chi connectivity index (χ2n) is 3.58. The first-order valence-corrected chi connectivity index (χ1v) is 4.66. The fraction of sp³-hybridized carbons (Fsp3) is 1.00. The molecule has 2 nitrogen and oxygen atoms in total. The lowest BCUT2D eigenvalue weighted by atomic mass is 10.2. The lowest BCUT2D eigenvalue weighted by Crippen LogP contribution is -2.31. The minimum absolute atomic E-state index is 0.0608. The first-order chi connectivity index (χ1) is 5.24. The molecule has 0 radical (unpaired) electrons. The van der Waals surface area contributed by atoms with E-state index in [4.69, 9.17) is 0 Å². The molecule has 1 heterocycles. The number of hydrogen-bond acceptors (Lipinski definition) is 2. The molecule has 0 saturated carbocycles. The molecule has 1 aliphatic rings. The molecule has 11 heavy (non-hydrogen) atoms. The molecule has 0 amide bonds. The van der Waals surface area contributed by atoms with Crippen molar-refractivity contribution >= 4 is 0 Å². The van der Waals surface area contributed by atoms with Gasteiger partial charge in [-0.2, -0.15) is 0 Å². The van der Waals surface area contributed by atoms with Gasteiger partial charge in [0.1, 0.15) is 0 Å². The van der Waals surface area contributed by atoms with Crippen LogP contribution in [0.4, 0.5) is 0 Å². The van der Waals surface area contributed by atoms with E-state index in [1.54, 1.807) is 0 Å². The van der Waals surface area contributed by atoms with Crippen LogP contribution in [0.2, 0.25) is 0 Å². The van der Waals surface area contributed by atoms with Crippen LogP contribution in [-0.4, -0.2) is 35.2 Å². The van der Waals surface area contributed by atoms with E-state index in [1.807, 2.05) is 0 Å². The van der Waals surface area contributed by atoms with Crippen molar-refractivity contribution in [3.63, 3.8) is 0 Å². The van der Waals surface area contributed by atoms with Crippen molar-refractivity contribution in [1.82, 2.24) is 4.90 Å². The van der Waals surface area contributed by atoms with Crippen LogP contribution in [0.5, 0.6) is 0 Å². The van der Waals surface area contributed by atoms with Gasteiger partial charge in [-0.1, -0.05) is 13.3 Å². The van der Waals surface area contributed by atoms with Crippen LogP contribution in [-0.2, 0) is 0 Å². The predicted molar refractivity (Wildman–Crippen MR) is 46.6 cm³/mol. The summed E-state index contributed by atoms with van der Waals surface area (Å²) in [5, 5.41) is 9.28. The summed E-state index contributed by atoms with van der Waals surface area (Å²) < 4.78 is 0. The molecule has 1 saturated heterocycles. The van der Waals surface area contributed by atoms with Gasteiger partial charge in [-0.05, 0) is 19.8 Å². The summed E-state index contributed by atoms with van der Waals surface area (Å²) >= 11 is 0. The molecule has 2 heteroatoms. The maximum Gasteiger partial charge on any atom is 0.0679 e. The highest BCUT2D eigenvalue weighted by Crippen LogP contribution is 2.14. The van der Waals surface area contributed by atoms with E-state index in [1.165, 1.54) is 12.8 Å². The first-order valence-electron chi connectivity index (χ1n) is 4.66. The van der Waals surface area contributed by atoms with E-state index in [-0.39, 0.29) is 6.10 Å². The maximum atomic E-state index is 9.28.